The van der Waals surface area contributed by atoms with E-state index in [9.17, 15) is 4.79 Å². The number of esters is 1. The van der Waals surface area contributed by atoms with E-state index in [1.165, 1.54) is 0 Å². The van der Waals surface area contributed by atoms with Gasteiger partial charge in [-0.1, -0.05) is 68.2 Å². The third kappa shape index (κ3) is 4.19. The number of rotatable bonds is 3. The number of nitrogens with zero attached hydrogens (tertiary/aromatic N) is 1. The Morgan fingerprint density at radius 3 is 2.63 bits per heavy atom. The Labute approximate surface area is 187 Å². The summed E-state index contributed by atoms with van der Waals surface area (Å²) in [5, 5.41) is 1.78. The number of para-hydroxylation sites is 1. The molecule has 3 aromatic rings. The molecule has 156 valence electrons. The number of hydrogen-bond acceptors (Lipinski definition) is 3. The van der Waals surface area contributed by atoms with Crippen molar-refractivity contribution in [3.63, 3.8) is 0 Å². The van der Waals surface area contributed by atoms with Crippen LogP contribution in [0, 0.1) is 11.3 Å². The highest BCUT2D eigenvalue weighted by Gasteiger charge is 2.33. The molecule has 30 heavy (non-hydrogen) atoms. The number of aryl methyl sites for hydroxylation is 1. The van der Waals surface area contributed by atoms with Crippen LogP contribution in [0.4, 0.5) is 0 Å². The summed E-state index contributed by atoms with van der Waals surface area (Å²) >= 11 is 12.1. The second kappa shape index (κ2) is 8.20. The maximum atomic E-state index is 13.3. The first-order chi connectivity index (χ1) is 14.2. The fourth-order valence-electron chi connectivity index (χ4n) is 4.21. The maximum Gasteiger partial charge on any atom is 0.339 e. The highest BCUT2D eigenvalue weighted by atomic mass is 35.5. The number of aromatic nitrogens is 1. The summed E-state index contributed by atoms with van der Waals surface area (Å²) in [6.07, 6.45) is 2.81. The van der Waals surface area contributed by atoms with Gasteiger partial charge in [0.05, 0.1) is 21.1 Å². The van der Waals surface area contributed by atoms with Crippen LogP contribution < -0.4 is 0 Å². The summed E-state index contributed by atoms with van der Waals surface area (Å²) in [6.45, 7) is 6.93. The van der Waals surface area contributed by atoms with Crippen LogP contribution in [0.2, 0.25) is 10.0 Å². The zero-order valence-electron chi connectivity index (χ0n) is 17.5. The molecular formula is C25H25Cl2NO2. The molecule has 1 aliphatic carbocycles. The largest absolute Gasteiger partial charge is 0.457 e. The third-order valence-electron chi connectivity index (χ3n) is 6.04. The summed E-state index contributed by atoms with van der Waals surface area (Å²) in [6, 6.07) is 13.1. The van der Waals surface area contributed by atoms with Crippen LogP contribution in [0.3, 0.4) is 0 Å². The molecule has 3 nitrogen and oxygen atoms in total. The van der Waals surface area contributed by atoms with E-state index in [0.29, 0.717) is 21.5 Å². The lowest BCUT2D eigenvalue weighted by Crippen LogP contribution is -2.29. The highest BCUT2D eigenvalue weighted by molar-refractivity contribution is 6.42. The van der Waals surface area contributed by atoms with Crippen molar-refractivity contribution >= 4 is 40.1 Å². The second-order valence-electron chi connectivity index (χ2n) is 9.06. The van der Waals surface area contributed by atoms with Crippen LogP contribution in [0.5, 0.6) is 0 Å². The average molecular weight is 442 g/mol. The van der Waals surface area contributed by atoms with Crippen LogP contribution >= 0.6 is 23.2 Å². The highest BCUT2D eigenvalue weighted by Crippen LogP contribution is 2.39. The van der Waals surface area contributed by atoms with E-state index in [1.54, 1.807) is 12.1 Å². The number of pyridine rings is 1. The van der Waals surface area contributed by atoms with Crippen LogP contribution in [0.15, 0.2) is 42.5 Å². The first-order valence-corrected chi connectivity index (χ1v) is 11.0. The first kappa shape index (κ1) is 21.1. The van der Waals surface area contributed by atoms with E-state index in [2.05, 4.69) is 20.8 Å². The Hall–Kier alpha value is -2.10. The van der Waals surface area contributed by atoms with Gasteiger partial charge in [-0.05, 0) is 59.9 Å². The molecule has 0 amide bonds. The summed E-state index contributed by atoms with van der Waals surface area (Å²) < 4.78 is 5.74. The number of halogens is 2. The molecule has 5 heteroatoms. The molecule has 0 fully saturated rings. The Bertz CT molecular complexity index is 1120. The Kier molecular flexibility index (Phi) is 5.78. The molecule has 4 rings (SSSR count). The average Bonchev–Trinajstić information content (AvgIpc) is 2.71. The molecule has 1 unspecified atom stereocenters. The van der Waals surface area contributed by atoms with Gasteiger partial charge in [-0.25, -0.2) is 4.79 Å². The van der Waals surface area contributed by atoms with Crippen molar-refractivity contribution in [3.05, 3.63) is 74.9 Å². The van der Waals surface area contributed by atoms with Gasteiger partial charge < -0.3 is 4.74 Å². The van der Waals surface area contributed by atoms with E-state index in [-0.39, 0.29) is 18.0 Å². The van der Waals surface area contributed by atoms with Crippen molar-refractivity contribution in [2.75, 3.05) is 0 Å². The quantitative estimate of drug-likeness (QED) is 0.408. The standard InChI is InChI=1S/C25H25Cl2NO2/c1-25(2,3)16-9-11-22-18(13-16)23(17-6-4-5-7-21(17)28-22)24(29)30-14-15-8-10-19(26)20(27)12-15/h4-8,10,12,16H,9,11,13-14H2,1-3H3. The van der Waals surface area contributed by atoms with Crippen LogP contribution in [0.25, 0.3) is 10.9 Å². The minimum atomic E-state index is -0.314. The van der Waals surface area contributed by atoms with Gasteiger partial charge in [-0.3, -0.25) is 4.98 Å². The van der Waals surface area contributed by atoms with E-state index in [4.69, 9.17) is 32.9 Å². The molecule has 2 aromatic carbocycles. The Morgan fingerprint density at radius 2 is 1.90 bits per heavy atom. The Balaban J connectivity index is 1.71. The van der Waals surface area contributed by atoms with Gasteiger partial charge in [0.15, 0.2) is 0 Å². The molecule has 0 saturated carbocycles. The van der Waals surface area contributed by atoms with Gasteiger partial charge in [0.2, 0.25) is 0 Å². The van der Waals surface area contributed by atoms with Gasteiger partial charge in [0.25, 0.3) is 0 Å². The van der Waals surface area contributed by atoms with Crippen LogP contribution in [0.1, 0.15) is 54.4 Å². The number of benzene rings is 2. The van der Waals surface area contributed by atoms with Gasteiger partial charge in [0, 0.05) is 11.1 Å². The number of carbonyl (C=O) groups excluding carboxylic acids is 1. The molecule has 0 aliphatic heterocycles. The normalized spacial score (nSPS) is 16.4. The molecule has 1 aromatic heterocycles. The van der Waals surface area contributed by atoms with E-state index in [1.807, 2.05) is 30.3 Å². The third-order valence-corrected chi connectivity index (χ3v) is 6.78. The van der Waals surface area contributed by atoms with Crippen LogP contribution in [-0.4, -0.2) is 11.0 Å². The lowest BCUT2D eigenvalue weighted by Gasteiger charge is -2.35. The zero-order valence-corrected chi connectivity index (χ0v) is 19.0. The zero-order chi connectivity index (χ0) is 21.5. The van der Waals surface area contributed by atoms with Gasteiger partial charge in [-0.15, -0.1) is 0 Å². The summed E-state index contributed by atoms with van der Waals surface area (Å²) in [5.41, 5.74) is 4.54. The van der Waals surface area contributed by atoms with Crippen LogP contribution in [-0.2, 0) is 24.2 Å². The number of fused-ring (bicyclic) bond motifs is 2. The predicted octanol–water partition coefficient (Wildman–Crippen LogP) is 7.05. The molecule has 0 bridgehead atoms. The summed E-state index contributed by atoms with van der Waals surface area (Å²) in [7, 11) is 0. The number of carbonyl (C=O) groups is 1. The maximum absolute atomic E-state index is 13.3. The molecule has 0 saturated heterocycles. The Morgan fingerprint density at radius 1 is 1.13 bits per heavy atom. The van der Waals surface area contributed by atoms with E-state index < -0.39 is 0 Å². The van der Waals surface area contributed by atoms with E-state index >= 15 is 0 Å². The monoisotopic (exact) mass is 441 g/mol. The summed E-state index contributed by atoms with van der Waals surface area (Å²) in [5.74, 6) is 0.181. The lowest BCUT2D eigenvalue weighted by molar-refractivity contribution is 0.0472. The summed E-state index contributed by atoms with van der Waals surface area (Å²) in [4.78, 5) is 18.2. The van der Waals surface area contributed by atoms with Gasteiger partial charge >= 0.3 is 5.97 Å². The lowest BCUT2D eigenvalue weighted by atomic mass is 9.70. The van der Waals surface area contributed by atoms with Crippen molar-refractivity contribution in [3.8, 4) is 0 Å². The molecule has 1 heterocycles. The van der Waals surface area contributed by atoms with Gasteiger partial charge in [0.1, 0.15) is 6.61 Å². The molecule has 1 aliphatic rings. The van der Waals surface area contributed by atoms with Gasteiger partial charge in [-0.2, -0.15) is 0 Å². The fourth-order valence-corrected chi connectivity index (χ4v) is 4.53. The topological polar surface area (TPSA) is 39.2 Å². The molecule has 0 radical (unpaired) electrons. The minimum Gasteiger partial charge on any atom is -0.457 e. The van der Waals surface area contributed by atoms with E-state index in [0.717, 1.165) is 47.0 Å². The predicted molar refractivity (Wildman–Crippen MR) is 122 cm³/mol. The minimum absolute atomic E-state index is 0.143. The smallest absolute Gasteiger partial charge is 0.339 e. The SMILES string of the molecule is CC(C)(C)C1CCc2nc3ccccc3c(C(=O)OCc3ccc(Cl)c(Cl)c3)c2C1. The molecule has 0 spiro atoms. The second-order valence-corrected chi connectivity index (χ2v) is 9.87. The number of hydrogen-bond donors (Lipinski definition) is 0. The molecule has 1 atom stereocenters. The van der Waals surface area contributed by atoms with Crippen molar-refractivity contribution < 1.29 is 9.53 Å². The van der Waals surface area contributed by atoms with Crippen molar-refractivity contribution in [2.45, 2.75) is 46.6 Å². The van der Waals surface area contributed by atoms with Crippen molar-refractivity contribution in [1.82, 2.24) is 4.98 Å². The number of ether oxygens (including phenoxy) is 1. The molecule has 0 N–H and O–H groups in total. The van der Waals surface area contributed by atoms with Crippen molar-refractivity contribution in [2.24, 2.45) is 11.3 Å². The van der Waals surface area contributed by atoms with Crippen molar-refractivity contribution in [1.29, 1.82) is 0 Å². The molecular weight excluding hydrogens is 417 g/mol. The first-order valence-electron chi connectivity index (χ1n) is 10.3. The fraction of sp³-hybridized carbons (Fsp3) is 0.360.